The molecule has 2 aromatic heterocycles. The third-order valence-corrected chi connectivity index (χ3v) is 5.21. The molecule has 0 spiro atoms. The average Bonchev–Trinajstić information content (AvgIpc) is 3.13. The molecule has 1 saturated heterocycles. The third kappa shape index (κ3) is 2.81. The summed E-state index contributed by atoms with van der Waals surface area (Å²) < 4.78 is 8.04. The predicted molar refractivity (Wildman–Crippen MR) is 111 cm³/mol. The monoisotopic (exact) mass is 373 g/mol. The van der Waals surface area contributed by atoms with Gasteiger partial charge in [-0.25, -0.2) is 9.38 Å². The highest BCUT2D eigenvalue weighted by Crippen LogP contribution is 2.30. The normalized spacial score (nSPS) is 20.2. The van der Waals surface area contributed by atoms with Gasteiger partial charge in [0.15, 0.2) is 11.5 Å². The molecule has 3 heterocycles. The summed E-state index contributed by atoms with van der Waals surface area (Å²) in [6.45, 7) is 7.87. The molecule has 0 amide bonds. The summed E-state index contributed by atoms with van der Waals surface area (Å²) in [5, 5.41) is 10.1. The largest absolute Gasteiger partial charge is 0.372 e. The van der Waals surface area contributed by atoms with Crippen molar-refractivity contribution in [2.45, 2.75) is 33.0 Å². The van der Waals surface area contributed by atoms with Crippen LogP contribution in [-0.4, -0.2) is 44.9 Å². The molecule has 0 radical (unpaired) electrons. The first kappa shape index (κ1) is 17.1. The molecule has 1 aliphatic rings. The maximum atomic E-state index is 5.94. The summed E-state index contributed by atoms with van der Waals surface area (Å²) in [7, 11) is 0. The van der Waals surface area contributed by atoms with Crippen LogP contribution in [-0.2, 0) is 4.74 Å². The van der Waals surface area contributed by atoms with Gasteiger partial charge in [0, 0.05) is 24.0 Å². The molecule has 6 nitrogen and oxygen atoms in total. The SMILES string of the molecule is Cc1ccc2nc(N3CC(C)OC(C)C3)n3c(-c4ccccc4)nnc3c2c1. The quantitative estimate of drug-likeness (QED) is 0.534. The zero-order valence-electron chi connectivity index (χ0n) is 16.3. The predicted octanol–water partition coefficient (Wildman–Crippen LogP) is 3.87. The molecule has 6 heteroatoms. The number of rotatable bonds is 2. The van der Waals surface area contributed by atoms with Crippen LogP contribution in [0.3, 0.4) is 0 Å². The second-order valence-corrected chi connectivity index (χ2v) is 7.64. The van der Waals surface area contributed by atoms with E-state index >= 15 is 0 Å². The summed E-state index contributed by atoms with van der Waals surface area (Å²) in [4.78, 5) is 7.34. The van der Waals surface area contributed by atoms with Gasteiger partial charge in [-0.15, -0.1) is 10.2 Å². The molecule has 2 unspecified atom stereocenters. The van der Waals surface area contributed by atoms with Gasteiger partial charge in [-0.2, -0.15) is 0 Å². The zero-order valence-corrected chi connectivity index (χ0v) is 16.3. The Labute approximate surface area is 163 Å². The fraction of sp³-hybridized carbons (Fsp3) is 0.318. The highest BCUT2D eigenvalue weighted by molar-refractivity contribution is 5.94. The molecule has 2 atom stereocenters. The molecule has 1 fully saturated rings. The summed E-state index contributed by atoms with van der Waals surface area (Å²) in [6.07, 6.45) is 0.289. The lowest BCUT2D eigenvalue weighted by Gasteiger charge is -2.36. The van der Waals surface area contributed by atoms with Crippen molar-refractivity contribution in [3.8, 4) is 11.4 Å². The number of aryl methyl sites for hydroxylation is 1. The van der Waals surface area contributed by atoms with Crippen molar-refractivity contribution in [1.82, 2.24) is 19.6 Å². The Morgan fingerprint density at radius 3 is 2.46 bits per heavy atom. The molecule has 2 aromatic carbocycles. The number of hydrogen-bond acceptors (Lipinski definition) is 5. The van der Waals surface area contributed by atoms with Crippen LogP contribution in [0.2, 0.25) is 0 Å². The van der Waals surface area contributed by atoms with Crippen LogP contribution in [0.1, 0.15) is 19.4 Å². The fourth-order valence-corrected chi connectivity index (χ4v) is 4.06. The standard InChI is InChI=1S/C22H23N5O/c1-14-9-10-19-18(11-14)21-25-24-20(17-7-5-4-6-8-17)27(21)22(23-19)26-12-15(2)28-16(3)13-26/h4-11,15-16H,12-13H2,1-3H3. The minimum atomic E-state index is 0.144. The van der Waals surface area contributed by atoms with E-state index in [0.717, 1.165) is 47.0 Å². The Balaban J connectivity index is 1.81. The lowest BCUT2D eigenvalue weighted by Crippen LogP contribution is -2.46. The topological polar surface area (TPSA) is 55.6 Å². The van der Waals surface area contributed by atoms with E-state index in [-0.39, 0.29) is 12.2 Å². The molecule has 28 heavy (non-hydrogen) atoms. The van der Waals surface area contributed by atoms with Crippen molar-refractivity contribution >= 4 is 22.5 Å². The highest BCUT2D eigenvalue weighted by Gasteiger charge is 2.27. The lowest BCUT2D eigenvalue weighted by atomic mass is 10.1. The molecule has 0 N–H and O–H groups in total. The van der Waals surface area contributed by atoms with Crippen LogP contribution >= 0.6 is 0 Å². The smallest absolute Gasteiger partial charge is 0.213 e. The fourth-order valence-electron chi connectivity index (χ4n) is 4.06. The Kier molecular flexibility index (Phi) is 4.02. The van der Waals surface area contributed by atoms with Gasteiger partial charge >= 0.3 is 0 Å². The van der Waals surface area contributed by atoms with Gasteiger partial charge in [0.1, 0.15) is 0 Å². The molecule has 4 aromatic rings. The van der Waals surface area contributed by atoms with E-state index < -0.39 is 0 Å². The number of fused-ring (bicyclic) bond motifs is 3. The minimum absolute atomic E-state index is 0.144. The number of benzene rings is 2. The maximum Gasteiger partial charge on any atom is 0.213 e. The average molecular weight is 373 g/mol. The number of morpholine rings is 1. The van der Waals surface area contributed by atoms with Crippen molar-refractivity contribution in [2.24, 2.45) is 0 Å². The van der Waals surface area contributed by atoms with E-state index in [0.29, 0.717) is 0 Å². The van der Waals surface area contributed by atoms with E-state index in [1.165, 1.54) is 5.56 Å². The van der Waals surface area contributed by atoms with Crippen molar-refractivity contribution in [3.63, 3.8) is 0 Å². The van der Waals surface area contributed by atoms with Crippen molar-refractivity contribution in [2.75, 3.05) is 18.0 Å². The summed E-state index contributed by atoms with van der Waals surface area (Å²) >= 11 is 0. The summed E-state index contributed by atoms with van der Waals surface area (Å²) in [6, 6.07) is 16.5. The molecule has 5 rings (SSSR count). The number of anilines is 1. The van der Waals surface area contributed by atoms with Gasteiger partial charge in [0.05, 0.1) is 17.7 Å². The Hall–Kier alpha value is -2.99. The lowest BCUT2D eigenvalue weighted by molar-refractivity contribution is -0.00576. The molecule has 1 aliphatic heterocycles. The van der Waals surface area contributed by atoms with Gasteiger partial charge in [0.25, 0.3) is 0 Å². The minimum Gasteiger partial charge on any atom is -0.372 e. The summed E-state index contributed by atoms with van der Waals surface area (Å²) in [5.41, 5.74) is 3.99. The summed E-state index contributed by atoms with van der Waals surface area (Å²) in [5.74, 6) is 1.69. The second-order valence-electron chi connectivity index (χ2n) is 7.64. The van der Waals surface area contributed by atoms with Crippen LogP contribution in [0, 0.1) is 6.92 Å². The molecular formula is C22H23N5O. The van der Waals surface area contributed by atoms with Gasteiger partial charge < -0.3 is 9.64 Å². The van der Waals surface area contributed by atoms with E-state index in [2.05, 4.69) is 70.6 Å². The number of nitrogens with zero attached hydrogens (tertiary/aromatic N) is 5. The van der Waals surface area contributed by atoms with Gasteiger partial charge in [-0.1, -0.05) is 42.0 Å². The molecule has 0 saturated carbocycles. The first-order valence-corrected chi connectivity index (χ1v) is 9.71. The number of aromatic nitrogens is 4. The van der Waals surface area contributed by atoms with Gasteiger partial charge in [0.2, 0.25) is 5.95 Å². The van der Waals surface area contributed by atoms with Crippen LogP contribution in [0.15, 0.2) is 48.5 Å². The molecular weight excluding hydrogens is 350 g/mol. The Morgan fingerprint density at radius 1 is 0.964 bits per heavy atom. The number of hydrogen-bond donors (Lipinski definition) is 0. The molecule has 0 bridgehead atoms. The van der Waals surface area contributed by atoms with Crippen molar-refractivity contribution < 1.29 is 4.74 Å². The van der Waals surface area contributed by atoms with Gasteiger partial charge in [-0.3, -0.25) is 0 Å². The van der Waals surface area contributed by atoms with Gasteiger partial charge in [-0.05, 0) is 32.9 Å². The van der Waals surface area contributed by atoms with E-state index in [4.69, 9.17) is 9.72 Å². The van der Waals surface area contributed by atoms with E-state index in [1.54, 1.807) is 0 Å². The van der Waals surface area contributed by atoms with Crippen LogP contribution < -0.4 is 4.90 Å². The van der Waals surface area contributed by atoms with E-state index in [1.807, 2.05) is 18.2 Å². The Morgan fingerprint density at radius 2 is 1.71 bits per heavy atom. The van der Waals surface area contributed by atoms with Crippen molar-refractivity contribution in [1.29, 1.82) is 0 Å². The maximum absolute atomic E-state index is 5.94. The Bertz CT molecular complexity index is 1140. The first-order valence-electron chi connectivity index (χ1n) is 9.71. The number of ether oxygens (including phenoxy) is 1. The third-order valence-electron chi connectivity index (χ3n) is 5.21. The van der Waals surface area contributed by atoms with Crippen molar-refractivity contribution in [3.05, 3.63) is 54.1 Å². The van der Waals surface area contributed by atoms with Crippen LogP contribution in [0.5, 0.6) is 0 Å². The van der Waals surface area contributed by atoms with E-state index in [9.17, 15) is 0 Å². The van der Waals surface area contributed by atoms with Crippen LogP contribution in [0.4, 0.5) is 5.95 Å². The first-order chi connectivity index (χ1) is 13.6. The molecule has 0 aliphatic carbocycles. The van der Waals surface area contributed by atoms with Crippen LogP contribution in [0.25, 0.3) is 27.9 Å². The zero-order chi connectivity index (χ0) is 19.3. The molecule has 142 valence electrons. The second kappa shape index (κ2) is 6.56. The highest BCUT2D eigenvalue weighted by atomic mass is 16.5.